The lowest BCUT2D eigenvalue weighted by atomic mass is 9.99. The SMILES string of the molecule is O=C1Nc2ccc(C(=O)O)cc2C1=C(Nc1cccc(CN2CCCC2)c1)c1ccsc1. The number of nitrogens with zero attached hydrogens (tertiary/aromatic N) is 1. The number of amides is 1. The third kappa shape index (κ3) is 4.04. The second-order valence-corrected chi connectivity index (χ2v) is 8.87. The molecule has 7 heteroatoms. The van der Waals surface area contributed by atoms with E-state index in [9.17, 15) is 14.7 Å². The molecule has 1 aromatic heterocycles. The van der Waals surface area contributed by atoms with Crippen LogP contribution in [-0.2, 0) is 11.3 Å². The lowest BCUT2D eigenvalue weighted by Crippen LogP contribution is -2.18. The van der Waals surface area contributed by atoms with Crippen molar-refractivity contribution < 1.29 is 14.7 Å². The van der Waals surface area contributed by atoms with Gasteiger partial charge in [-0.15, -0.1) is 0 Å². The van der Waals surface area contributed by atoms with E-state index in [0.717, 1.165) is 30.9 Å². The highest BCUT2D eigenvalue weighted by molar-refractivity contribution is 7.08. The molecule has 0 bridgehead atoms. The van der Waals surface area contributed by atoms with Crippen LogP contribution in [-0.4, -0.2) is 35.0 Å². The number of nitrogens with one attached hydrogen (secondary N) is 2. The Bertz CT molecular complexity index is 1210. The summed E-state index contributed by atoms with van der Waals surface area (Å²) in [5, 5.41) is 19.7. The quantitative estimate of drug-likeness (QED) is 0.467. The second-order valence-electron chi connectivity index (χ2n) is 8.09. The number of hydrogen-bond donors (Lipinski definition) is 3. The molecule has 0 spiro atoms. The fraction of sp³-hybridized carbons (Fsp3) is 0.200. The Morgan fingerprint density at radius 2 is 1.94 bits per heavy atom. The number of fused-ring (bicyclic) bond motifs is 1. The minimum atomic E-state index is -1.02. The van der Waals surface area contributed by atoms with E-state index < -0.39 is 5.97 Å². The maximum atomic E-state index is 13.0. The van der Waals surface area contributed by atoms with E-state index >= 15 is 0 Å². The first-order chi connectivity index (χ1) is 15.6. The molecule has 2 aromatic carbocycles. The number of carboxylic acid groups (broad SMARTS) is 1. The van der Waals surface area contributed by atoms with E-state index in [4.69, 9.17) is 0 Å². The number of likely N-dealkylation sites (tertiary alicyclic amines) is 1. The van der Waals surface area contributed by atoms with Crippen LogP contribution < -0.4 is 10.6 Å². The molecular formula is C25H23N3O3S. The van der Waals surface area contributed by atoms with Crippen LogP contribution >= 0.6 is 11.3 Å². The molecule has 0 saturated carbocycles. The highest BCUT2D eigenvalue weighted by atomic mass is 32.1. The molecule has 2 aliphatic rings. The third-order valence-corrected chi connectivity index (χ3v) is 6.56. The summed E-state index contributed by atoms with van der Waals surface area (Å²) in [6.45, 7) is 3.17. The second kappa shape index (κ2) is 8.61. The van der Waals surface area contributed by atoms with Crippen LogP contribution in [0.15, 0.2) is 59.3 Å². The number of carbonyl (C=O) groups is 2. The third-order valence-electron chi connectivity index (χ3n) is 5.87. The number of carboxylic acids is 1. The fourth-order valence-electron chi connectivity index (χ4n) is 4.32. The Morgan fingerprint density at radius 1 is 1.09 bits per heavy atom. The molecule has 0 radical (unpaired) electrons. The van der Waals surface area contributed by atoms with Gasteiger partial charge >= 0.3 is 5.97 Å². The van der Waals surface area contributed by atoms with Crippen molar-refractivity contribution in [2.75, 3.05) is 23.7 Å². The van der Waals surface area contributed by atoms with Crippen molar-refractivity contribution in [3.05, 3.63) is 81.5 Å². The number of anilines is 2. The van der Waals surface area contributed by atoms with Gasteiger partial charge in [-0.05, 0) is 73.3 Å². The molecule has 0 atom stereocenters. The van der Waals surface area contributed by atoms with Gasteiger partial charge in [-0.25, -0.2) is 4.79 Å². The Balaban J connectivity index is 1.55. The van der Waals surface area contributed by atoms with Crippen molar-refractivity contribution in [3.8, 4) is 0 Å². The van der Waals surface area contributed by atoms with Crippen LogP contribution in [0, 0.1) is 0 Å². The first-order valence-electron chi connectivity index (χ1n) is 10.6. The van der Waals surface area contributed by atoms with Gasteiger partial charge in [-0.1, -0.05) is 12.1 Å². The van der Waals surface area contributed by atoms with Gasteiger partial charge in [0.25, 0.3) is 5.91 Å². The molecule has 0 unspecified atom stereocenters. The summed E-state index contributed by atoms with van der Waals surface area (Å²) in [6, 6.07) is 14.9. The van der Waals surface area contributed by atoms with Gasteiger partial charge < -0.3 is 15.7 Å². The number of carbonyl (C=O) groups excluding carboxylic acids is 1. The summed E-state index contributed by atoms with van der Waals surface area (Å²) < 4.78 is 0. The van der Waals surface area contributed by atoms with Crippen molar-refractivity contribution in [1.82, 2.24) is 4.90 Å². The standard InChI is InChI=1S/C25H23N3O3S/c29-24-22(20-13-17(25(30)31)6-7-21(20)27-24)23(18-8-11-32-15-18)26-19-5-3-4-16(12-19)14-28-9-1-2-10-28/h3-8,11-13,15,26H,1-2,9-10,14H2,(H,27,29)(H,30,31). The molecule has 6 nitrogen and oxygen atoms in total. The number of rotatable bonds is 6. The highest BCUT2D eigenvalue weighted by Crippen LogP contribution is 2.38. The van der Waals surface area contributed by atoms with E-state index in [-0.39, 0.29) is 11.5 Å². The summed E-state index contributed by atoms with van der Waals surface area (Å²) >= 11 is 1.55. The minimum Gasteiger partial charge on any atom is -0.478 e. The van der Waals surface area contributed by atoms with Gasteiger partial charge in [0.1, 0.15) is 0 Å². The van der Waals surface area contributed by atoms with E-state index in [1.54, 1.807) is 23.5 Å². The molecule has 5 rings (SSSR count). The van der Waals surface area contributed by atoms with Crippen molar-refractivity contribution in [1.29, 1.82) is 0 Å². The summed E-state index contributed by atoms with van der Waals surface area (Å²) in [7, 11) is 0. The van der Waals surface area contributed by atoms with Crippen molar-refractivity contribution in [2.45, 2.75) is 19.4 Å². The largest absolute Gasteiger partial charge is 0.478 e. The highest BCUT2D eigenvalue weighted by Gasteiger charge is 2.29. The first kappa shape index (κ1) is 20.5. The van der Waals surface area contributed by atoms with Gasteiger partial charge in [0, 0.05) is 34.4 Å². The number of hydrogen-bond acceptors (Lipinski definition) is 5. The lowest BCUT2D eigenvalue weighted by molar-refractivity contribution is -0.110. The number of thiophene rings is 1. The lowest BCUT2D eigenvalue weighted by Gasteiger charge is -2.17. The summed E-state index contributed by atoms with van der Waals surface area (Å²) in [4.78, 5) is 26.9. The molecular weight excluding hydrogens is 422 g/mol. The maximum Gasteiger partial charge on any atom is 0.335 e. The molecule has 3 heterocycles. The number of aromatic carboxylic acids is 1. The maximum absolute atomic E-state index is 13.0. The molecule has 1 amide bonds. The summed E-state index contributed by atoms with van der Waals surface area (Å²) in [6.07, 6.45) is 2.50. The molecule has 1 saturated heterocycles. The Kier molecular flexibility index (Phi) is 5.51. The van der Waals surface area contributed by atoms with Gasteiger partial charge in [0.05, 0.1) is 16.8 Å². The molecule has 3 aromatic rings. The molecule has 2 aliphatic heterocycles. The Hall–Kier alpha value is -3.42. The molecule has 1 fully saturated rings. The molecule has 3 N–H and O–H groups in total. The van der Waals surface area contributed by atoms with Crippen LogP contribution in [0.5, 0.6) is 0 Å². The normalized spacial score (nSPS) is 17.2. The average Bonchev–Trinajstić information content (AvgIpc) is 3.53. The fourth-order valence-corrected chi connectivity index (χ4v) is 4.97. The monoisotopic (exact) mass is 445 g/mol. The van der Waals surface area contributed by atoms with Gasteiger partial charge in [0.2, 0.25) is 0 Å². The van der Waals surface area contributed by atoms with Crippen molar-refractivity contribution in [3.63, 3.8) is 0 Å². The van der Waals surface area contributed by atoms with Crippen LogP contribution in [0.3, 0.4) is 0 Å². The first-order valence-corrected chi connectivity index (χ1v) is 11.6. The van der Waals surface area contributed by atoms with E-state index in [0.29, 0.717) is 22.5 Å². The summed E-state index contributed by atoms with van der Waals surface area (Å²) in [5.41, 5.74) is 5.48. The predicted molar refractivity (Wildman–Crippen MR) is 128 cm³/mol. The average molecular weight is 446 g/mol. The van der Waals surface area contributed by atoms with Gasteiger partial charge in [-0.3, -0.25) is 9.69 Å². The van der Waals surface area contributed by atoms with Crippen LogP contribution in [0.1, 0.15) is 39.9 Å². The van der Waals surface area contributed by atoms with E-state index in [2.05, 4.69) is 27.7 Å². The predicted octanol–water partition coefficient (Wildman–Crippen LogP) is 4.97. The smallest absolute Gasteiger partial charge is 0.335 e. The van der Waals surface area contributed by atoms with E-state index in [1.807, 2.05) is 29.0 Å². The van der Waals surface area contributed by atoms with E-state index in [1.165, 1.54) is 24.5 Å². The topological polar surface area (TPSA) is 81.7 Å². The minimum absolute atomic E-state index is 0.148. The summed E-state index contributed by atoms with van der Waals surface area (Å²) in [5.74, 6) is -1.27. The van der Waals surface area contributed by atoms with Crippen LogP contribution in [0.4, 0.5) is 11.4 Å². The molecule has 0 aliphatic carbocycles. The van der Waals surface area contributed by atoms with Gasteiger partial charge in [0.15, 0.2) is 0 Å². The molecule has 162 valence electrons. The zero-order valence-corrected chi connectivity index (χ0v) is 18.2. The Labute approximate surface area is 190 Å². The zero-order valence-electron chi connectivity index (χ0n) is 17.4. The molecule has 32 heavy (non-hydrogen) atoms. The zero-order chi connectivity index (χ0) is 22.1. The van der Waals surface area contributed by atoms with Crippen LogP contribution in [0.25, 0.3) is 11.3 Å². The Morgan fingerprint density at radius 3 is 2.69 bits per heavy atom. The van der Waals surface area contributed by atoms with Crippen LogP contribution in [0.2, 0.25) is 0 Å². The van der Waals surface area contributed by atoms with Crippen molar-refractivity contribution >= 4 is 45.9 Å². The number of benzene rings is 2. The van der Waals surface area contributed by atoms with Gasteiger partial charge in [-0.2, -0.15) is 11.3 Å². The van der Waals surface area contributed by atoms with Crippen molar-refractivity contribution in [2.24, 2.45) is 0 Å².